The molecule has 1 saturated heterocycles. The number of piperidine rings is 1. The molecule has 0 amide bonds. The number of anilines is 1. The summed E-state index contributed by atoms with van der Waals surface area (Å²) in [5.74, 6) is 1.21. The van der Waals surface area contributed by atoms with Crippen molar-refractivity contribution in [2.24, 2.45) is 0 Å². The Morgan fingerprint density at radius 3 is 2.48 bits per heavy atom. The lowest BCUT2D eigenvalue weighted by Crippen LogP contribution is -2.43. The van der Waals surface area contributed by atoms with E-state index in [0.29, 0.717) is 6.04 Å². The third kappa shape index (κ3) is 4.52. The Labute approximate surface area is 144 Å². The first kappa shape index (κ1) is 16.4. The molecular weight excluding hydrogens is 300 g/mol. The van der Waals surface area contributed by atoms with Crippen LogP contribution in [0.2, 0.25) is 0 Å². The Bertz CT molecular complexity index is 592. The van der Waals surface area contributed by atoms with Crippen LogP contribution in [0.3, 0.4) is 0 Å². The maximum atomic E-state index is 3.68. The molecule has 2 aromatic rings. The summed E-state index contributed by atoms with van der Waals surface area (Å²) in [6.07, 6.45) is 4.65. The van der Waals surface area contributed by atoms with Crippen LogP contribution in [0.1, 0.15) is 12.8 Å². The van der Waals surface area contributed by atoms with Gasteiger partial charge >= 0.3 is 0 Å². The minimum absolute atomic E-state index is 0.690. The monoisotopic (exact) mass is 326 g/mol. The van der Waals surface area contributed by atoms with Crippen molar-refractivity contribution in [3.8, 4) is 11.1 Å². The van der Waals surface area contributed by atoms with E-state index >= 15 is 0 Å². The first-order chi connectivity index (χ1) is 11.4. The standard InChI is InChI=1S/C20H26N2S/c1-23-15-12-21-19-10-13-22(14-11-19)20-9-5-8-18(16-20)17-6-3-2-4-7-17/h2-9,16,19,21H,10-15H2,1H3. The van der Waals surface area contributed by atoms with Gasteiger partial charge in [0.1, 0.15) is 0 Å². The van der Waals surface area contributed by atoms with Crippen LogP contribution in [0.15, 0.2) is 54.6 Å². The molecule has 0 spiro atoms. The number of nitrogens with zero attached hydrogens (tertiary/aromatic N) is 1. The molecule has 3 heteroatoms. The van der Waals surface area contributed by atoms with Gasteiger partial charge in [0, 0.05) is 37.1 Å². The van der Waals surface area contributed by atoms with E-state index in [9.17, 15) is 0 Å². The number of thioether (sulfide) groups is 1. The molecule has 1 aliphatic rings. The minimum Gasteiger partial charge on any atom is -0.371 e. The van der Waals surface area contributed by atoms with Gasteiger partial charge in [0.15, 0.2) is 0 Å². The second kappa shape index (κ2) is 8.42. The van der Waals surface area contributed by atoms with Crippen molar-refractivity contribution in [3.05, 3.63) is 54.6 Å². The summed E-state index contributed by atoms with van der Waals surface area (Å²) in [5, 5.41) is 3.68. The molecule has 0 aliphatic carbocycles. The van der Waals surface area contributed by atoms with Crippen molar-refractivity contribution < 1.29 is 0 Å². The number of hydrogen-bond donors (Lipinski definition) is 1. The smallest absolute Gasteiger partial charge is 0.0372 e. The molecule has 0 radical (unpaired) electrons. The van der Waals surface area contributed by atoms with E-state index < -0.39 is 0 Å². The molecule has 1 aliphatic heterocycles. The normalized spacial score (nSPS) is 15.8. The van der Waals surface area contributed by atoms with Crippen LogP contribution in [0.4, 0.5) is 5.69 Å². The van der Waals surface area contributed by atoms with E-state index in [0.717, 1.165) is 19.6 Å². The van der Waals surface area contributed by atoms with Crippen molar-refractivity contribution >= 4 is 17.4 Å². The quantitative estimate of drug-likeness (QED) is 0.798. The van der Waals surface area contributed by atoms with Crippen LogP contribution in [0.25, 0.3) is 11.1 Å². The molecule has 0 atom stereocenters. The highest BCUT2D eigenvalue weighted by Gasteiger charge is 2.19. The maximum Gasteiger partial charge on any atom is 0.0372 e. The number of rotatable bonds is 6. The summed E-state index contributed by atoms with van der Waals surface area (Å²) in [6, 6.07) is 20.3. The second-order valence-electron chi connectivity index (χ2n) is 6.12. The van der Waals surface area contributed by atoms with Gasteiger partial charge in [0.05, 0.1) is 0 Å². The fourth-order valence-electron chi connectivity index (χ4n) is 3.22. The van der Waals surface area contributed by atoms with Crippen LogP contribution in [0, 0.1) is 0 Å². The van der Waals surface area contributed by atoms with E-state index in [1.165, 1.54) is 35.4 Å². The lowest BCUT2D eigenvalue weighted by atomic mass is 10.0. The highest BCUT2D eigenvalue weighted by molar-refractivity contribution is 7.98. The van der Waals surface area contributed by atoms with Gasteiger partial charge in [0.25, 0.3) is 0 Å². The maximum absolute atomic E-state index is 3.68. The van der Waals surface area contributed by atoms with Gasteiger partial charge in [0.2, 0.25) is 0 Å². The van der Waals surface area contributed by atoms with Gasteiger partial charge in [-0.05, 0) is 42.4 Å². The molecule has 1 heterocycles. The van der Waals surface area contributed by atoms with Crippen LogP contribution < -0.4 is 10.2 Å². The highest BCUT2D eigenvalue weighted by Crippen LogP contribution is 2.26. The summed E-state index contributed by atoms with van der Waals surface area (Å²) in [7, 11) is 0. The Morgan fingerprint density at radius 1 is 1.00 bits per heavy atom. The van der Waals surface area contributed by atoms with Crippen molar-refractivity contribution in [1.82, 2.24) is 5.32 Å². The Kier molecular flexibility index (Phi) is 6.00. The van der Waals surface area contributed by atoms with E-state index in [1.807, 2.05) is 11.8 Å². The van der Waals surface area contributed by atoms with Gasteiger partial charge in [-0.15, -0.1) is 0 Å². The molecule has 122 valence electrons. The van der Waals surface area contributed by atoms with Gasteiger partial charge in [-0.25, -0.2) is 0 Å². The Morgan fingerprint density at radius 2 is 1.74 bits per heavy atom. The Balaban J connectivity index is 1.61. The first-order valence-electron chi connectivity index (χ1n) is 8.49. The lowest BCUT2D eigenvalue weighted by Gasteiger charge is -2.34. The lowest BCUT2D eigenvalue weighted by molar-refractivity contribution is 0.425. The zero-order valence-corrected chi connectivity index (χ0v) is 14.7. The molecule has 2 aromatic carbocycles. The van der Waals surface area contributed by atoms with Gasteiger partial charge in [-0.1, -0.05) is 42.5 Å². The average Bonchev–Trinajstić information content (AvgIpc) is 2.63. The zero-order valence-electron chi connectivity index (χ0n) is 13.9. The molecule has 1 N–H and O–H groups in total. The second-order valence-corrected chi connectivity index (χ2v) is 7.11. The molecule has 3 rings (SSSR count). The molecule has 2 nitrogen and oxygen atoms in total. The summed E-state index contributed by atoms with van der Waals surface area (Å²) >= 11 is 1.91. The van der Waals surface area contributed by atoms with Crippen LogP contribution in [-0.2, 0) is 0 Å². The number of benzene rings is 2. The van der Waals surface area contributed by atoms with E-state index in [-0.39, 0.29) is 0 Å². The van der Waals surface area contributed by atoms with Gasteiger partial charge in [-0.3, -0.25) is 0 Å². The fraction of sp³-hybridized carbons (Fsp3) is 0.400. The molecule has 1 fully saturated rings. The van der Waals surface area contributed by atoms with Crippen LogP contribution in [-0.4, -0.2) is 37.7 Å². The molecule has 0 bridgehead atoms. The molecular formula is C20H26N2S. The Hall–Kier alpha value is -1.45. The van der Waals surface area contributed by atoms with Gasteiger partial charge < -0.3 is 10.2 Å². The average molecular weight is 327 g/mol. The zero-order chi connectivity index (χ0) is 15.9. The van der Waals surface area contributed by atoms with Crippen molar-refractivity contribution in [3.63, 3.8) is 0 Å². The van der Waals surface area contributed by atoms with E-state index in [4.69, 9.17) is 0 Å². The number of nitrogens with one attached hydrogen (secondary N) is 1. The summed E-state index contributed by atoms with van der Waals surface area (Å²) in [5.41, 5.74) is 3.96. The number of hydrogen-bond acceptors (Lipinski definition) is 3. The summed E-state index contributed by atoms with van der Waals surface area (Å²) in [4.78, 5) is 2.53. The predicted octanol–water partition coefficient (Wildman–Crippen LogP) is 4.28. The highest BCUT2D eigenvalue weighted by atomic mass is 32.2. The fourth-order valence-corrected chi connectivity index (χ4v) is 3.54. The predicted molar refractivity (Wildman–Crippen MR) is 103 cm³/mol. The molecule has 23 heavy (non-hydrogen) atoms. The molecule has 0 unspecified atom stereocenters. The van der Waals surface area contributed by atoms with Crippen molar-refractivity contribution in [1.29, 1.82) is 0 Å². The molecule has 0 aromatic heterocycles. The first-order valence-corrected chi connectivity index (χ1v) is 9.89. The topological polar surface area (TPSA) is 15.3 Å². The van der Waals surface area contributed by atoms with Gasteiger partial charge in [-0.2, -0.15) is 11.8 Å². The van der Waals surface area contributed by atoms with Crippen molar-refractivity contribution in [2.75, 3.05) is 36.5 Å². The third-order valence-electron chi connectivity index (χ3n) is 4.55. The summed E-state index contributed by atoms with van der Waals surface area (Å²) in [6.45, 7) is 3.43. The third-order valence-corrected chi connectivity index (χ3v) is 5.16. The largest absolute Gasteiger partial charge is 0.371 e. The molecule has 0 saturated carbocycles. The van der Waals surface area contributed by atoms with E-state index in [2.05, 4.69) is 71.1 Å². The van der Waals surface area contributed by atoms with Crippen LogP contribution >= 0.6 is 11.8 Å². The van der Waals surface area contributed by atoms with E-state index in [1.54, 1.807) is 0 Å². The SMILES string of the molecule is CSCCNC1CCN(c2cccc(-c3ccccc3)c2)CC1. The van der Waals surface area contributed by atoms with Crippen molar-refractivity contribution in [2.45, 2.75) is 18.9 Å². The summed E-state index contributed by atoms with van der Waals surface area (Å²) < 4.78 is 0. The minimum atomic E-state index is 0.690. The van der Waals surface area contributed by atoms with Crippen LogP contribution in [0.5, 0.6) is 0 Å².